The Kier molecular flexibility index (Phi) is 8.67. The highest BCUT2D eigenvalue weighted by molar-refractivity contribution is 7.22. The summed E-state index contributed by atoms with van der Waals surface area (Å²) in [4.78, 5) is 22.7. The Hall–Kier alpha value is -2.93. The number of fused-ring (bicyclic) bond motifs is 1. The second kappa shape index (κ2) is 11.5. The summed E-state index contributed by atoms with van der Waals surface area (Å²) in [5.41, 5.74) is 3.85. The van der Waals surface area contributed by atoms with Crippen molar-refractivity contribution in [2.45, 2.75) is 20.3 Å². The van der Waals surface area contributed by atoms with Crippen molar-refractivity contribution in [1.29, 1.82) is 0 Å². The molecule has 34 heavy (non-hydrogen) atoms. The van der Waals surface area contributed by atoms with Crippen LogP contribution in [0.4, 0.5) is 5.13 Å². The third-order valence-corrected chi connectivity index (χ3v) is 6.67. The summed E-state index contributed by atoms with van der Waals surface area (Å²) in [7, 11) is 4.08. The molecule has 1 aromatic heterocycles. The fraction of sp³-hybridized carbons (Fsp3) is 0.259. The standard InChI is InChI=1S/C27H29N3O2S.ClH/c1-19-15-16-24-25(20(19)2)28-27(33-24)30(18-10-17-29(3)4)26(31)22-13-8-9-14-23(22)32-21-11-6-5-7-12-21;/h5-9,11-16H,10,17-18H2,1-4H3;1H. The number of anilines is 1. The smallest absolute Gasteiger partial charge is 0.263 e. The van der Waals surface area contributed by atoms with Crippen molar-refractivity contribution in [3.8, 4) is 11.5 Å². The quantitative estimate of drug-likeness (QED) is 0.272. The van der Waals surface area contributed by atoms with Crippen molar-refractivity contribution in [2.75, 3.05) is 32.1 Å². The summed E-state index contributed by atoms with van der Waals surface area (Å²) in [6, 6.07) is 21.2. The van der Waals surface area contributed by atoms with Crippen molar-refractivity contribution in [3.63, 3.8) is 0 Å². The molecule has 1 amide bonds. The lowest BCUT2D eigenvalue weighted by molar-refractivity contribution is 0.0984. The number of amides is 1. The third-order valence-electron chi connectivity index (χ3n) is 5.63. The molecule has 5 nitrogen and oxygen atoms in total. The molecule has 1 heterocycles. The molecule has 0 unspecified atom stereocenters. The lowest BCUT2D eigenvalue weighted by Crippen LogP contribution is -2.33. The number of aryl methyl sites for hydroxylation is 2. The predicted octanol–water partition coefficient (Wildman–Crippen LogP) is 6.73. The first-order valence-electron chi connectivity index (χ1n) is 11.1. The van der Waals surface area contributed by atoms with Crippen molar-refractivity contribution < 1.29 is 9.53 Å². The Morgan fingerprint density at radius 1 is 0.941 bits per heavy atom. The van der Waals surface area contributed by atoms with E-state index in [1.54, 1.807) is 16.2 Å². The zero-order valence-electron chi connectivity index (χ0n) is 19.9. The highest BCUT2D eigenvalue weighted by Crippen LogP contribution is 2.34. The van der Waals surface area contributed by atoms with Crippen LogP contribution >= 0.6 is 23.7 Å². The fourth-order valence-corrected chi connectivity index (χ4v) is 4.70. The molecule has 0 spiro atoms. The molecule has 7 heteroatoms. The first kappa shape index (κ1) is 25.7. The summed E-state index contributed by atoms with van der Waals surface area (Å²) in [5, 5.41) is 0.719. The van der Waals surface area contributed by atoms with E-state index in [-0.39, 0.29) is 18.3 Å². The number of para-hydroxylation sites is 2. The number of thiazole rings is 1. The Morgan fingerprint density at radius 2 is 1.65 bits per heavy atom. The van der Waals surface area contributed by atoms with Crippen molar-refractivity contribution in [1.82, 2.24) is 9.88 Å². The summed E-state index contributed by atoms with van der Waals surface area (Å²) in [6.07, 6.45) is 0.842. The van der Waals surface area contributed by atoms with Crippen LogP contribution in [0.2, 0.25) is 0 Å². The van der Waals surface area contributed by atoms with Crippen molar-refractivity contribution >= 4 is 45.0 Å². The average molecular weight is 496 g/mol. The molecule has 0 radical (unpaired) electrons. The minimum atomic E-state index is -0.103. The van der Waals surface area contributed by atoms with Crippen LogP contribution in [0, 0.1) is 13.8 Å². The van der Waals surface area contributed by atoms with Crippen LogP contribution in [0.1, 0.15) is 27.9 Å². The zero-order valence-corrected chi connectivity index (χ0v) is 21.6. The van der Waals surface area contributed by atoms with Crippen LogP contribution in [-0.2, 0) is 0 Å². The van der Waals surface area contributed by atoms with Gasteiger partial charge < -0.3 is 9.64 Å². The average Bonchev–Trinajstić information content (AvgIpc) is 3.24. The van der Waals surface area contributed by atoms with Gasteiger partial charge in [0.25, 0.3) is 5.91 Å². The Bertz CT molecular complexity index is 1260. The first-order chi connectivity index (χ1) is 15.9. The maximum Gasteiger partial charge on any atom is 0.263 e. The molecular weight excluding hydrogens is 466 g/mol. The van der Waals surface area contributed by atoms with Gasteiger partial charge in [0.1, 0.15) is 11.5 Å². The molecule has 3 aromatic carbocycles. The molecule has 0 saturated heterocycles. The van der Waals surface area contributed by atoms with E-state index < -0.39 is 0 Å². The highest BCUT2D eigenvalue weighted by Gasteiger charge is 2.24. The summed E-state index contributed by atoms with van der Waals surface area (Å²) >= 11 is 1.56. The van der Waals surface area contributed by atoms with E-state index in [0.717, 1.165) is 33.9 Å². The molecule has 0 aliphatic rings. The van der Waals surface area contributed by atoms with E-state index in [4.69, 9.17) is 9.72 Å². The Morgan fingerprint density at radius 3 is 2.38 bits per heavy atom. The van der Waals surface area contributed by atoms with Crippen LogP contribution in [-0.4, -0.2) is 43.0 Å². The van der Waals surface area contributed by atoms with Gasteiger partial charge in [0.2, 0.25) is 0 Å². The van der Waals surface area contributed by atoms with E-state index in [2.05, 4.69) is 30.9 Å². The van der Waals surface area contributed by atoms with E-state index in [0.29, 0.717) is 23.6 Å². The molecule has 0 bridgehead atoms. The van der Waals surface area contributed by atoms with Crippen LogP contribution in [0.15, 0.2) is 66.7 Å². The van der Waals surface area contributed by atoms with Gasteiger partial charge in [0, 0.05) is 6.54 Å². The van der Waals surface area contributed by atoms with Gasteiger partial charge in [0.05, 0.1) is 15.8 Å². The topological polar surface area (TPSA) is 45.7 Å². The van der Waals surface area contributed by atoms with Gasteiger partial charge in [-0.15, -0.1) is 12.4 Å². The number of carbonyl (C=O) groups is 1. The monoisotopic (exact) mass is 495 g/mol. The van der Waals surface area contributed by atoms with Crippen molar-refractivity contribution in [3.05, 3.63) is 83.4 Å². The van der Waals surface area contributed by atoms with Crippen LogP contribution < -0.4 is 9.64 Å². The van der Waals surface area contributed by atoms with Gasteiger partial charge in [-0.25, -0.2) is 4.98 Å². The SMILES string of the molecule is Cc1ccc2sc(N(CCCN(C)C)C(=O)c3ccccc3Oc3ccccc3)nc2c1C.Cl. The Labute approximate surface area is 211 Å². The van der Waals surface area contributed by atoms with E-state index in [1.165, 1.54) is 5.56 Å². The largest absolute Gasteiger partial charge is 0.457 e. The Balaban J connectivity index is 0.00000324. The summed E-state index contributed by atoms with van der Waals surface area (Å²) in [5.74, 6) is 1.14. The number of carbonyl (C=O) groups excluding carboxylic acids is 1. The molecule has 0 N–H and O–H groups in total. The lowest BCUT2D eigenvalue weighted by atomic mass is 10.1. The normalized spacial score (nSPS) is 10.9. The van der Waals surface area contributed by atoms with E-state index in [9.17, 15) is 4.79 Å². The van der Waals surface area contributed by atoms with E-state index in [1.807, 2.05) is 68.7 Å². The van der Waals surface area contributed by atoms with Gasteiger partial charge >= 0.3 is 0 Å². The maximum absolute atomic E-state index is 13.9. The second-order valence-electron chi connectivity index (χ2n) is 8.38. The van der Waals surface area contributed by atoms with Gasteiger partial charge in [0.15, 0.2) is 5.13 Å². The van der Waals surface area contributed by atoms with Crippen LogP contribution in [0.25, 0.3) is 10.2 Å². The number of ether oxygens (including phenoxy) is 1. The zero-order chi connectivity index (χ0) is 23.4. The molecule has 4 aromatic rings. The minimum absolute atomic E-state index is 0. The van der Waals surface area contributed by atoms with Gasteiger partial charge in [-0.2, -0.15) is 0 Å². The number of aromatic nitrogens is 1. The molecule has 0 fully saturated rings. The predicted molar refractivity (Wildman–Crippen MR) is 144 cm³/mol. The molecule has 178 valence electrons. The van der Waals surface area contributed by atoms with Gasteiger partial charge in [-0.3, -0.25) is 9.69 Å². The second-order valence-corrected chi connectivity index (χ2v) is 9.38. The lowest BCUT2D eigenvalue weighted by Gasteiger charge is -2.22. The number of hydrogen-bond acceptors (Lipinski definition) is 5. The highest BCUT2D eigenvalue weighted by atomic mass is 35.5. The van der Waals surface area contributed by atoms with Crippen molar-refractivity contribution in [2.24, 2.45) is 0 Å². The molecule has 0 saturated carbocycles. The third kappa shape index (κ3) is 5.76. The number of benzene rings is 3. The number of halogens is 1. The molecule has 0 aliphatic heterocycles. The molecule has 0 aliphatic carbocycles. The summed E-state index contributed by atoms with van der Waals surface area (Å²) < 4.78 is 7.17. The number of hydrogen-bond donors (Lipinski definition) is 0. The number of rotatable bonds is 8. The first-order valence-corrected chi connectivity index (χ1v) is 11.9. The molecular formula is C27H30ClN3O2S. The summed E-state index contributed by atoms with van der Waals surface area (Å²) in [6.45, 7) is 5.64. The molecule has 4 rings (SSSR count). The fourth-order valence-electron chi connectivity index (χ4n) is 3.65. The molecule has 0 atom stereocenters. The number of nitrogens with zero attached hydrogens (tertiary/aromatic N) is 3. The van der Waals surface area contributed by atoms with E-state index >= 15 is 0 Å². The van der Waals surface area contributed by atoms with Gasteiger partial charge in [-0.1, -0.05) is 47.7 Å². The van der Waals surface area contributed by atoms with Crippen LogP contribution in [0.3, 0.4) is 0 Å². The maximum atomic E-state index is 13.9. The van der Waals surface area contributed by atoms with Crippen LogP contribution in [0.5, 0.6) is 11.5 Å². The minimum Gasteiger partial charge on any atom is -0.457 e. The van der Waals surface area contributed by atoms with Gasteiger partial charge in [-0.05, 0) is 82.4 Å².